The molecule has 5 rings (SSSR count). The molecule has 208 valence electrons. The zero-order valence-corrected chi connectivity index (χ0v) is 22.6. The average Bonchev–Trinajstić information content (AvgIpc) is 3.44. The molecular formula is C31H32FN3O5. The largest absolute Gasteiger partial charge is 0.463 e. The van der Waals surface area contributed by atoms with E-state index in [1.807, 2.05) is 35.2 Å². The molecule has 2 aliphatic rings. The Labute approximate surface area is 232 Å². The van der Waals surface area contributed by atoms with Gasteiger partial charge in [-0.15, -0.1) is 0 Å². The minimum absolute atomic E-state index is 0.0867. The number of carbonyl (C=O) groups excluding carboxylic acids is 3. The predicted octanol–water partition coefficient (Wildman–Crippen LogP) is 4.73. The summed E-state index contributed by atoms with van der Waals surface area (Å²) < 4.78 is 25.4. The fourth-order valence-electron chi connectivity index (χ4n) is 5.40. The maximum Gasteiger partial charge on any atom is 0.336 e. The zero-order chi connectivity index (χ0) is 28.2. The Bertz CT molecular complexity index is 1430. The number of piperazine rings is 1. The van der Waals surface area contributed by atoms with Gasteiger partial charge in [0.05, 0.1) is 24.4 Å². The third-order valence-corrected chi connectivity index (χ3v) is 7.47. The van der Waals surface area contributed by atoms with Gasteiger partial charge in [0.25, 0.3) is 5.91 Å². The summed E-state index contributed by atoms with van der Waals surface area (Å²) in [4.78, 5) is 44.5. The lowest BCUT2D eigenvalue weighted by molar-refractivity contribution is -0.140. The van der Waals surface area contributed by atoms with Crippen LogP contribution in [-0.2, 0) is 20.9 Å². The number of halogens is 1. The van der Waals surface area contributed by atoms with Gasteiger partial charge in [-0.25, -0.2) is 9.18 Å². The number of nitrogens with zero attached hydrogens (tertiary/aromatic N) is 3. The molecule has 1 fully saturated rings. The molecule has 1 saturated heterocycles. The van der Waals surface area contributed by atoms with Gasteiger partial charge in [0.2, 0.25) is 5.91 Å². The molecule has 2 aliphatic heterocycles. The lowest BCUT2D eigenvalue weighted by atomic mass is 9.83. The number of hydrogen-bond donors (Lipinski definition) is 0. The van der Waals surface area contributed by atoms with Gasteiger partial charge in [-0.05, 0) is 43.7 Å². The van der Waals surface area contributed by atoms with Crippen molar-refractivity contribution in [3.05, 3.63) is 101 Å². The molecule has 8 nitrogen and oxygen atoms in total. The molecule has 0 aliphatic carbocycles. The highest BCUT2D eigenvalue weighted by atomic mass is 19.1. The molecule has 2 aromatic carbocycles. The molecule has 3 aromatic rings. The van der Waals surface area contributed by atoms with Crippen LogP contribution in [-0.4, -0.2) is 60.4 Å². The van der Waals surface area contributed by atoms with Crippen LogP contribution in [0.2, 0.25) is 0 Å². The van der Waals surface area contributed by atoms with E-state index in [-0.39, 0.29) is 43.0 Å². The number of furan rings is 1. The average molecular weight is 546 g/mol. The van der Waals surface area contributed by atoms with Crippen LogP contribution in [0, 0.1) is 5.82 Å². The van der Waals surface area contributed by atoms with Crippen LogP contribution in [0.4, 0.5) is 10.1 Å². The number of benzene rings is 2. The summed E-state index contributed by atoms with van der Waals surface area (Å²) in [6.07, 6.45) is 0.119. The summed E-state index contributed by atoms with van der Waals surface area (Å²) in [5, 5.41) is 0. The first-order valence-electron chi connectivity index (χ1n) is 13.5. The third-order valence-electron chi connectivity index (χ3n) is 7.47. The number of rotatable bonds is 7. The van der Waals surface area contributed by atoms with E-state index in [1.54, 1.807) is 49.1 Å². The summed E-state index contributed by atoms with van der Waals surface area (Å²) in [5.74, 6) is -0.927. The molecule has 0 bridgehead atoms. The fraction of sp³-hybridized carbons (Fsp3) is 0.323. The van der Waals surface area contributed by atoms with Gasteiger partial charge in [0.15, 0.2) is 5.76 Å². The third kappa shape index (κ3) is 5.50. The van der Waals surface area contributed by atoms with Gasteiger partial charge in [-0.3, -0.25) is 9.59 Å². The minimum Gasteiger partial charge on any atom is -0.463 e. The van der Waals surface area contributed by atoms with E-state index in [0.717, 1.165) is 5.56 Å². The van der Waals surface area contributed by atoms with E-state index < -0.39 is 11.9 Å². The maximum atomic E-state index is 14.2. The Morgan fingerprint density at radius 2 is 1.68 bits per heavy atom. The van der Waals surface area contributed by atoms with Gasteiger partial charge >= 0.3 is 5.97 Å². The number of amides is 2. The molecule has 0 N–H and O–H groups in total. The lowest BCUT2D eigenvalue weighted by Crippen LogP contribution is -2.49. The molecule has 2 amide bonds. The number of carbonyl (C=O) groups is 3. The number of anilines is 1. The Kier molecular flexibility index (Phi) is 8.00. The van der Waals surface area contributed by atoms with E-state index >= 15 is 0 Å². The normalized spacial score (nSPS) is 17.8. The Hall–Kier alpha value is -4.40. The predicted molar refractivity (Wildman–Crippen MR) is 147 cm³/mol. The molecule has 1 atom stereocenters. The van der Waals surface area contributed by atoms with Gasteiger partial charge in [-0.1, -0.05) is 42.5 Å². The van der Waals surface area contributed by atoms with Crippen molar-refractivity contribution in [1.29, 1.82) is 0 Å². The van der Waals surface area contributed by atoms with Crippen LogP contribution in [0.25, 0.3) is 0 Å². The molecule has 1 aromatic heterocycles. The number of allylic oxidation sites excluding steroid dienone is 1. The first-order valence-corrected chi connectivity index (χ1v) is 13.5. The quantitative estimate of drug-likeness (QED) is 0.399. The topological polar surface area (TPSA) is 83.3 Å². The Morgan fingerprint density at radius 3 is 2.38 bits per heavy atom. The highest BCUT2D eigenvalue weighted by molar-refractivity contribution is 5.96. The van der Waals surface area contributed by atoms with Crippen molar-refractivity contribution < 1.29 is 27.9 Å². The highest BCUT2D eigenvalue weighted by Gasteiger charge is 2.37. The molecule has 0 saturated carbocycles. The summed E-state index contributed by atoms with van der Waals surface area (Å²) in [5.41, 5.74) is 2.36. The summed E-state index contributed by atoms with van der Waals surface area (Å²) >= 11 is 0. The maximum absolute atomic E-state index is 14.2. The van der Waals surface area contributed by atoms with E-state index in [2.05, 4.69) is 0 Å². The van der Waals surface area contributed by atoms with Crippen LogP contribution < -0.4 is 4.90 Å². The molecule has 0 spiro atoms. The van der Waals surface area contributed by atoms with Crippen molar-refractivity contribution in [2.45, 2.75) is 32.7 Å². The van der Waals surface area contributed by atoms with Crippen molar-refractivity contribution in [2.75, 3.05) is 37.7 Å². The number of hydrogen-bond acceptors (Lipinski definition) is 6. The van der Waals surface area contributed by atoms with Crippen molar-refractivity contribution in [3.8, 4) is 0 Å². The van der Waals surface area contributed by atoms with Crippen LogP contribution in [0.15, 0.2) is 82.4 Å². The van der Waals surface area contributed by atoms with Crippen LogP contribution in [0.1, 0.15) is 48.1 Å². The second kappa shape index (κ2) is 11.8. The fourth-order valence-corrected chi connectivity index (χ4v) is 5.40. The first-order chi connectivity index (χ1) is 19.4. The molecule has 1 unspecified atom stereocenters. The van der Waals surface area contributed by atoms with Gasteiger partial charge in [-0.2, -0.15) is 0 Å². The van der Waals surface area contributed by atoms with Crippen LogP contribution >= 0.6 is 0 Å². The van der Waals surface area contributed by atoms with E-state index in [4.69, 9.17) is 9.15 Å². The van der Waals surface area contributed by atoms with Crippen molar-refractivity contribution >= 4 is 23.5 Å². The van der Waals surface area contributed by atoms with Gasteiger partial charge in [0, 0.05) is 44.2 Å². The van der Waals surface area contributed by atoms with Crippen LogP contribution in [0.5, 0.6) is 0 Å². The smallest absolute Gasteiger partial charge is 0.336 e. The number of ether oxygens (including phenoxy) is 1. The monoisotopic (exact) mass is 545 g/mol. The molecular weight excluding hydrogens is 513 g/mol. The van der Waals surface area contributed by atoms with Gasteiger partial charge in [0.1, 0.15) is 11.6 Å². The molecule has 0 radical (unpaired) electrons. The highest BCUT2D eigenvalue weighted by Crippen LogP contribution is 2.37. The first kappa shape index (κ1) is 27.2. The van der Waals surface area contributed by atoms with Gasteiger partial charge < -0.3 is 23.9 Å². The Morgan fingerprint density at radius 1 is 0.975 bits per heavy atom. The molecule has 3 heterocycles. The van der Waals surface area contributed by atoms with E-state index in [1.165, 1.54) is 11.0 Å². The summed E-state index contributed by atoms with van der Waals surface area (Å²) in [7, 11) is 0. The van der Waals surface area contributed by atoms with Crippen molar-refractivity contribution in [2.24, 2.45) is 0 Å². The lowest BCUT2D eigenvalue weighted by Gasteiger charge is -2.35. The molecule has 40 heavy (non-hydrogen) atoms. The SMILES string of the molecule is CCOC(=O)C1=C(C)N(Cc2ccc(C(=O)N3CCN(c4ccccc4F)CC3)o2)C(=O)CC1c1ccccc1. The Balaban J connectivity index is 1.30. The van der Waals surface area contributed by atoms with Crippen LogP contribution in [0.3, 0.4) is 0 Å². The molecule has 9 heteroatoms. The number of para-hydroxylation sites is 1. The summed E-state index contributed by atoms with van der Waals surface area (Å²) in [6, 6.07) is 19.4. The minimum atomic E-state index is -0.448. The van der Waals surface area contributed by atoms with E-state index in [0.29, 0.717) is 48.9 Å². The standard InChI is InChI=1S/C31H32FN3O5/c1-3-39-31(38)29-21(2)35(28(36)19-24(29)22-9-5-4-6-10-22)20-23-13-14-27(40-23)30(37)34-17-15-33(16-18-34)26-12-8-7-11-25(26)32/h4-14,24H,3,15-20H2,1-2H3. The zero-order valence-electron chi connectivity index (χ0n) is 22.6. The van der Waals surface area contributed by atoms with E-state index in [9.17, 15) is 18.8 Å². The van der Waals surface area contributed by atoms with Crippen molar-refractivity contribution in [1.82, 2.24) is 9.80 Å². The second-order valence-corrected chi connectivity index (χ2v) is 9.86. The van der Waals surface area contributed by atoms with Crippen molar-refractivity contribution in [3.63, 3.8) is 0 Å². The summed E-state index contributed by atoms with van der Waals surface area (Å²) in [6.45, 7) is 5.67. The number of esters is 1. The second-order valence-electron chi connectivity index (χ2n) is 9.86.